The van der Waals surface area contributed by atoms with Gasteiger partial charge in [0.1, 0.15) is 6.04 Å². The number of benzene rings is 2. The Balaban J connectivity index is 1.46. The van der Waals surface area contributed by atoms with Crippen LogP contribution >= 0.6 is 0 Å². The zero-order chi connectivity index (χ0) is 20.4. The SMILES string of the molecule is COc1ccc(C(C(=O)O)N2CCCN(C3Cc4ccccc4C3)CC2)cc1F. The largest absolute Gasteiger partial charge is 0.494 e. The number of hydrogen-bond donors (Lipinski definition) is 1. The van der Waals surface area contributed by atoms with Gasteiger partial charge in [-0.25, -0.2) is 4.39 Å². The van der Waals surface area contributed by atoms with E-state index in [9.17, 15) is 14.3 Å². The molecule has 0 aromatic heterocycles. The number of ether oxygens (including phenoxy) is 1. The highest BCUT2D eigenvalue weighted by Crippen LogP contribution is 2.29. The number of carbonyl (C=O) groups is 1. The van der Waals surface area contributed by atoms with Gasteiger partial charge in [-0.3, -0.25) is 14.6 Å². The Labute approximate surface area is 170 Å². The van der Waals surface area contributed by atoms with E-state index in [1.807, 2.05) is 4.90 Å². The third-order valence-electron chi connectivity index (χ3n) is 6.20. The van der Waals surface area contributed by atoms with E-state index in [-0.39, 0.29) is 5.75 Å². The van der Waals surface area contributed by atoms with Crippen molar-refractivity contribution < 1.29 is 19.0 Å². The molecule has 1 saturated heterocycles. The average molecular weight is 398 g/mol. The first kappa shape index (κ1) is 19.9. The standard InChI is InChI=1S/C23H27FN2O3/c1-29-21-8-7-18(15-20(21)24)22(23(27)28)26-10-4-9-25(11-12-26)19-13-16-5-2-3-6-17(16)14-19/h2-3,5-8,15,19,22H,4,9-14H2,1H3,(H,27,28). The Bertz CT molecular complexity index is 863. The number of nitrogens with zero attached hydrogens (tertiary/aromatic N) is 2. The molecule has 0 radical (unpaired) electrons. The predicted octanol–water partition coefficient (Wildman–Crippen LogP) is 3.14. The second kappa shape index (κ2) is 8.51. The van der Waals surface area contributed by atoms with Crippen LogP contribution in [0.5, 0.6) is 5.75 Å². The van der Waals surface area contributed by atoms with Crippen LogP contribution in [0.3, 0.4) is 0 Å². The van der Waals surface area contributed by atoms with Gasteiger partial charge in [0.2, 0.25) is 0 Å². The quantitative estimate of drug-likeness (QED) is 0.839. The lowest BCUT2D eigenvalue weighted by Crippen LogP contribution is -2.40. The maximum absolute atomic E-state index is 14.2. The van der Waals surface area contributed by atoms with Crippen molar-refractivity contribution in [3.8, 4) is 5.75 Å². The molecule has 6 heteroatoms. The molecular weight excluding hydrogens is 371 g/mol. The topological polar surface area (TPSA) is 53.0 Å². The molecule has 0 saturated carbocycles. The van der Waals surface area contributed by atoms with Crippen molar-refractivity contribution in [1.29, 1.82) is 0 Å². The van der Waals surface area contributed by atoms with Crippen LogP contribution in [0.4, 0.5) is 4.39 Å². The molecule has 1 fully saturated rings. The maximum atomic E-state index is 14.2. The molecular formula is C23H27FN2O3. The highest BCUT2D eigenvalue weighted by atomic mass is 19.1. The van der Waals surface area contributed by atoms with Crippen LogP contribution < -0.4 is 4.74 Å². The van der Waals surface area contributed by atoms with E-state index < -0.39 is 17.8 Å². The number of carboxylic acids is 1. The molecule has 1 N–H and O–H groups in total. The lowest BCUT2D eigenvalue weighted by molar-refractivity contribution is -0.143. The van der Waals surface area contributed by atoms with E-state index in [2.05, 4.69) is 29.2 Å². The van der Waals surface area contributed by atoms with Gasteiger partial charge in [0.15, 0.2) is 11.6 Å². The van der Waals surface area contributed by atoms with E-state index >= 15 is 0 Å². The van der Waals surface area contributed by atoms with Crippen LogP contribution in [-0.2, 0) is 17.6 Å². The van der Waals surface area contributed by atoms with Crippen molar-refractivity contribution in [2.24, 2.45) is 0 Å². The Kier molecular flexibility index (Phi) is 5.83. The molecule has 154 valence electrons. The summed E-state index contributed by atoms with van der Waals surface area (Å²) in [7, 11) is 1.40. The predicted molar refractivity (Wildman–Crippen MR) is 109 cm³/mol. The molecule has 1 aliphatic heterocycles. The molecule has 2 aliphatic rings. The highest BCUT2D eigenvalue weighted by Gasteiger charge is 2.32. The molecule has 2 aromatic carbocycles. The summed E-state index contributed by atoms with van der Waals surface area (Å²) in [5.74, 6) is -1.35. The van der Waals surface area contributed by atoms with Gasteiger partial charge in [-0.05, 0) is 54.6 Å². The molecule has 1 atom stereocenters. The van der Waals surface area contributed by atoms with Crippen LogP contribution in [0.15, 0.2) is 42.5 Å². The number of hydrogen-bond acceptors (Lipinski definition) is 4. The van der Waals surface area contributed by atoms with Gasteiger partial charge in [-0.2, -0.15) is 0 Å². The normalized spacial score (nSPS) is 19.5. The van der Waals surface area contributed by atoms with Gasteiger partial charge in [-0.15, -0.1) is 0 Å². The van der Waals surface area contributed by atoms with Crippen molar-refractivity contribution in [3.05, 3.63) is 65.0 Å². The summed E-state index contributed by atoms with van der Waals surface area (Å²) in [4.78, 5) is 16.5. The van der Waals surface area contributed by atoms with Crippen LogP contribution in [-0.4, -0.2) is 60.2 Å². The lowest BCUT2D eigenvalue weighted by Gasteiger charge is -2.29. The van der Waals surface area contributed by atoms with E-state index in [0.29, 0.717) is 24.7 Å². The fourth-order valence-corrected chi connectivity index (χ4v) is 4.74. The Morgan fingerprint density at radius 1 is 1.10 bits per heavy atom. The number of rotatable bonds is 5. The Morgan fingerprint density at radius 2 is 1.83 bits per heavy atom. The smallest absolute Gasteiger partial charge is 0.325 e. The monoisotopic (exact) mass is 398 g/mol. The molecule has 1 unspecified atom stereocenters. The summed E-state index contributed by atoms with van der Waals surface area (Å²) in [5, 5.41) is 9.87. The van der Waals surface area contributed by atoms with Gasteiger partial charge >= 0.3 is 5.97 Å². The summed E-state index contributed by atoms with van der Waals surface area (Å²) in [6, 6.07) is 12.7. The molecule has 4 rings (SSSR count). The van der Waals surface area contributed by atoms with Gasteiger partial charge in [0.05, 0.1) is 7.11 Å². The second-order valence-electron chi connectivity index (χ2n) is 7.89. The zero-order valence-corrected chi connectivity index (χ0v) is 16.7. The van der Waals surface area contributed by atoms with Crippen molar-refractivity contribution in [1.82, 2.24) is 9.80 Å². The van der Waals surface area contributed by atoms with Crippen LogP contribution in [0.25, 0.3) is 0 Å². The summed E-state index contributed by atoms with van der Waals surface area (Å²) in [5.41, 5.74) is 3.31. The van der Waals surface area contributed by atoms with Crippen molar-refractivity contribution in [3.63, 3.8) is 0 Å². The number of aliphatic carboxylic acids is 1. The Hall–Kier alpha value is -2.44. The first-order valence-corrected chi connectivity index (χ1v) is 10.2. The third-order valence-corrected chi connectivity index (χ3v) is 6.20. The summed E-state index contributed by atoms with van der Waals surface area (Å²) in [6.07, 6.45) is 3.01. The van der Waals surface area contributed by atoms with Crippen molar-refractivity contribution in [2.45, 2.75) is 31.3 Å². The number of halogens is 1. The maximum Gasteiger partial charge on any atom is 0.325 e. The minimum Gasteiger partial charge on any atom is -0.494 e. The van der Waals surface area contributed by atoms with Gasteiger partial charge in [-0.1, -0.05) is 30.3 Å². The van der Waals surface area contributed by atoms with Gasteiger partial charge < -0.3 is 9.84 Å². The molecule has 29 heavy (non-hydrogen) atoms. The average Bonchev–Trinajstić information content (AvgIpc) is 3.00. The summed E-state index contributed by atoms with van der Waals surface area (Å²) in [6.45, 7) is 3.11. The number of methoxy groups -OCH3 is 1. The van der Waals surface area contributed by atoms with Crippen LogP contribution in [0.1, 0.15) is 29.2 Å². The minimum atomic E-state index is -0.948. The lowest BCUT2D eigenvalue weighted by atomic mass is 10.0. The molecule has 2 aromatic rings. The summed E-state index contributed by atoms with van der Waals surface area (Å²) < 4.78 is 19.1. The fraction of sp³-hybridized carbons (Fsp3) is 0.435. The van der Waals surface area contributed by atoms with Crippen molar-refractivity contribution in [2.75, 3.05) is 33.3 Å². The van der Waals surface area contributed by atoms with E-state index in [1.54, 1.807) is 6.07 Å². The molecule has 0 amide bonds. The van der Waals surface area contributed by atoms with Crippen LogP contribution in [0.2, 0.25) is 0 Å². The molecule has 1 heterocycles. The summed E-state index contributed by atoms with van der Waals surface area (Å²) >= 11 is 0. The van der Waals surface area contributed by atoms with Gasteiger partial charge in [0, 0.05) is 25.7 Å². The Morgan fingerprint density at radius 3 is 2.45 bits per heavy atom. The highest BCUT2D eigenvalue weighted by molar-refractivity contribution is 5.75. The van der Waals surface area contributed by atoms with E-state index in [4.69, 9.17) is 4.74 Å². The molecule has 0 bridgehead atoms. The second-order valence-corrected chi connectivity index (χ2v) is 7.89. The van der Waals surface area contributed by atoms with E-state index in [1.165, 1.54) is 30.4 Å². The number of fused-ring (bicyclic) bond motifs is 1. The minimum absolute atomic E-state index is 0.126. The first-order valence-electron chi connectivity index (χ1n) is 10.2. The zero-order valence-electron chi connectivity index (χ0n) is 16.7. The molecule has 0 spiro atoms. The number of carboxylic acid groups (broad SMARTS) is 1. The van der Waals surface area contributed by atoms with Crippen molar-refractivity contribution >= 4 is 5.97 Å². The van der Waals surface area contributed by atoms with Gasteiger partial charge in [0.25, 0.3) is 0 Å². The molecule has 1 aliphatic carbocycles. The van der Waals surface area contributed by atoms with E-state index in [0.717, 1.165) is 32.4 Å². The molecule has 5 nitrogen and oxygen atoms in total. The first-order chi connectivity index (χ1) is 14.1. The van der Waals surface area contributed by atoms with Crippen LogP contribution in [0, 0.1) is 5.82 Å². The fourth-order valence-electron chi connectivity index (χ4n) is 4.74. The third kappa shape index (κ3) is 4.14.